The van der Waals surface area contributed by atoms with Gasteiger partial charge in [0, 0.05) is 5.39 Å². The number of hydrogen-bond acceptors (Lipinski definition) is 2. The number of hydrogen-bond donors (Lipinski definition) is 0. The van der Waals surface area contributed by atoms with Crippen molar-refractivity contribution in [1.29, 1.82) is 0 Å². The molecule has 0 aliphatic carbocycles. The van der Waals surface area contributed by atoms with Crippen molar-refractivity contribution in [2.24, 2.45) is 0 Å². The molecule has 0 N–H and O–H groups in total. The molecule has 3 heteroatoms. The van der Waals surface area contributed by atoms with Crippen LogP contribution in [0.15, 0.2) is 54.6 Å². The zero-order valence-corrected chi connectivity index (χ0v) is 9.09. The average molecular weight is 230 g/mol. The van der Waals surface area contributed by atoms with Gasteiger partial charge in [-0.1, -0.05) is 36.4 Å². The second kappa shape index (κ2) is 5.26. The summed E-state index contributed by atoms with van der Waals surface area (Å²) < 4.78 is 4.99. The van der Waals surface area contributed by atoms with Gasteiger partial charge >= 0.3 is 18.9 Å². The summed E-state index contributed by atoms with van der Waals surface area (Å²) in [6, 6.07) is 18.0. The minimum atomic E-state index is 0. The van der Waals surface area contributed by atoms with Crippen LogP contribution in [-0.2, 0) is 4.79 Å². The van der Waals surface area contributed by atoms with E-state index in [-0.39, 0.29) is 18.9 Å². The first-order chi connectivity index (χ1) is 8.38. The third-order valence-corrected chi connectivity index (χ3v) is 2.88. The van der Waals surface area contributed by atoms with Gasteiger partial charge < -0.3 is 4.74 Å². The van der Waals surface area contributed by atoms with Crippen LogP contribution in [0.3, 0.4) is 0 Å². The standard InChI is InChI=1S/C15H10O2.Li.H/c16-10-17-15-7-3-6-13-8-11-4-1-2-5-12(11)9-14(13)15;;/h1-10H;;. The Balaban J connectivity index is 0.00000120. The fourth-order valence-electron chi connectivity index (χ4n) is 2.09. The second-order valence-electron chi connectivity index (χ2n) is 3.89. The van der Waals surface area contributed by atoms with Crippen molar-refractivity contribution in [2.45, 2.75) is 0 Å². The summed E-state index contributed by atoms with van der Waals surface area (Å²) in [5, 5.41) is 4.35. The van der Waals surface area contributed by atoms with E-state index >= 15 is 0 Å². The summed E-state index contributed by atoms with van der Waals surface area (Å²) in [6.45, 7) is 0.462. The van der Waals surface area contributed by atoms with Gasteiger partial charge in [-0.05, 0) is 34.4 Å². The Morgan fingerprint density at radius 2 is 1.50 bits per heavy atom. The number of carbonyl (C=O) groups excluding carboxylic acids is 1. The summed E-state index contributed by atoms with van der Waals surface area (Å²) >= 11 is 0. The molecule has 84 valence electrons. The van der Waals surface area contributed by atoms with Crippen molar-refractivity contribution in [3.8, 4) is 5.75 Å². The second-order valence-corrected chi connectivity index (χ2v) is 3.89. The van der Waals surface area contributed by atoms with Crippen LogP contribution >= 0.6 is 0 Å². The van der Waals surface area contributed by atoms with Crippen LogP contribution in [0.1, 0.15) is 0 Å². The van der Waals surface area contributed by atoms with Crippen LogP contribution < -0.4 is 4.74 Å². The summed E-state index contributed by atoms with van der Waals surface area (Å²) in [5.74, 6) is 0.600. The van der Waals surface area contributed by atoms with Crippen LogP contribution in [0.5, 0.6) is 5.75 Å². The van der Waals surface area contributed by atoms with Crippen LogP contribution in [0.2, 0.25) is 0 Å². The molecule has 3 rings (SSSR count). The van der Waals surface area contributed by atoms with E-state index in [0.29, 0.717) is 12.2 Å². The van der Waals surface area contributed by atoms with Gasteiger partial charge in [0.05, 0.1) is 0 Å². The summed E-state index contributed by atoms with van der Waals surface area (Å²) in [4.78, 5) is 10.5. The van der Waals surface area contributed by atoms with E-state index in [1.807, 2.05) is 36.4 Å². The molecule has 0 aliphatic rings. The Morgan fingerprint density at radius 3 is 2.22 bits per heavy atom. The Bertz CT molecular complexity index is 707. The van der Waals surface area contributed by atoms with Crippen LogP contribution in [-0.4, -0.2) is 25.3 Å². The number of fused-ring (bicyclic) bond motifs is 2. The average Bonchev–Trinajstić information content (AvgIpc) is 2.37. The van der Waals surface area contributed by atoms with E-state index in [0.717, 1.165) is 16.2 Å². The van der Waals surface area contributed by atoms with Crippen molar-refractivity contribution < 1.29 is 9.53 Å². The molecule has 0 bridgehead atoms. The first-order valence-electron chi connectivity index (χ1n) is 5.40. The Kier molecular flexibility index (Phi) is 3.71. The molecule has 3 aromatic carbocycles. The molecule has 0 radical (unpaired) electrons. The SMILES string of the molecule is O=COc1cccc2cc3ccccc3cc12.[LiH]. The molecule has 0 fully saturated rings. The van der Waals surface area contributed by atoms with Crippen molar-refractivity contribution >= 4 is 46.9 Å². The van der Waals surface area contributed by atoms with Gasteiger partial charge in [-0.15, -0.1) is 0 Å². The van der Waals surface area contributed by atoms with Gasteiger partial charge in [-0.2, -0.15) is 0 Å². The molecule has 0 aliphatic heterocycles. The van der Waals surface area contributed by atoms with Gasteiger partial charge in [-0.25, -0.2) is 0 Å². The van der Waals surface area contributed by atoms with Crippen molar-refractivity contribution in [3.05, 3.63) is 54.6 Å². The number of rotatable bonds is 2. The Morgan fingerprint density at radius 1 is 0.833 bits per heavy atom. The van der Waals surface area contributed by atoms with Crippen molar-refractivity contribution in [3.63, 3.8) is 0 Å². The molecule has 0 unspecified atom stereocenters. The molecule has 0 atom stereocenters. The number of carbonyl (C=O) groups is 1. The van der Waals surface area contributed by atoms with Crippen LogP contribution in [0, 0.1) is 0 Å². The van der Waals surface area contributed by atoms with E-state index in [1.165, 1.54) is 5.39 Å². The zero-order chi connectivity index (χ0) is 11.7. The van der Waals surface area contributed by atoms with E-state index in [2.05, 4.69) is 12.1 Å². The van der Waals surface area contributed by atoms with Gasteiger partial charge in [0.2, 0.25) is 0 Å². The minimum absolute atomic E-state index is 0. The molecule has 0 saturated heterocycles. The van der Waals surface area contributed by atoms with E-state index < -0.39 is 0 Å². The van der Waals surface area contributed by atoms with Crippen molar-refractivity contribution in [2.75, 3.05) is 0 Å². The molecule has 18 heavy (non-hydrogen) atoms. The number of benzene rings is 3. The van der Waals surface area contributed by atoms with Gasteiger partial charge in [-0.3, -0.25) is 4.79 Å². The van der Waals surface area contributed by atoms with Crippen LogP contribution in [0.25, 0.3) is 21.5 Å². The van der Waals surface area contributed by atoms with E-state index in [9.17, 15) is 4.79 Å². The number of ether oxygens (including phenoxy) is 1. The normalized spacial score (nSPS) is 10.0. The quantitative estimate of drug-likeness (QED) is 0.384. The van der Waals surface area contributed by atoms with E-state index in [4.69, 9.17) is 4.74 Å². The molecular formula is C15H11LiO2. The van der Waals surface area contributed by atoms with Crippen LogP contribution in [0.4, 0.5) is 0 Å². The molecule has 3 aromatic rings. The summed E-state index contributed by atoms with van der Waals surface area (Å²) in [7, 11) is 0. The summed E-state index contributed by atoms with van der Waals surface area (Å²) in [5.41, 5.74) is 0. The predicted octanol–water partition coefficient (Wildman–Crippen LogP) is 2.88. The molecule has 0 saturated carbocycles. The maximum absolute atomic E-state index is 10.5. The molecule has 0 amide bonds. The van der Waals surface area contributed by atoms with Gasteiger partial charge in [0.25, 0.3) is 6.47 Å². The van der Waals surface area contributed by atoms with Crippen molar-refractivity contribution in [1.82, 2.24) is 0 Å². The van der Waals surface area contributed by atoms with Gasteiger partial charge in [0.15, 0.2) is 0 Å². The molecule has 2 nitrogen and oxygen atoms in total. The third kappa shape index (κ3) is 2.13. The third-order valence-electron chi connectivity index (χ3n) is 2.88. The molecular weight excluding hydrogens is 219 g/mol. The Labute approximate surface area is 117 Å². The molecule has 0 heterocycles. The maximum atomic E-state index is 10.5. The predicted molar refractivity (Wildman–Crippen MR) is 75.3 cm³/mol. The fraction of sp³-hybridized carbons (Fsp3) is 0. The fourth-order valence-corrected chi connectivity index (χ4v) is 2.09. The first-order valence-corrected chi connectivity index (χ1v) is 5.40. The molecule has 0 spiro atoms. The molecule has 0 aromatic heterocycles. The topological polar surface area (TPSA) is 26.3 Å². The first kappa shape index (κ1) is 12.7. The summed E-state index contributed by atoms with van der Waals surface area (Å²) in [6.07, 6.45) is 0. The monoisotopic (exact) mass is 230 g/mol. The zero-order valence-electron chi connectivity index (χ0n) is 9.09. The van der Waals surface area contributed by atoms with E-state index in [1.54, 1.807) is 6.07 Å². The Hall–Kier alpha value is -1.75. The van der Waals surface area contributed by atoms with Gasteiger partial charge in [0.1, 0.15) is 5.75 Å².